The van der Waals surface area contributed by atoms with Crippen molar-refractivity contribution in [2.75, 3.05) is 13.1 Å². The lowest BCUT2D eigenvalue weighted by atomic mass is 10.1. The third-order valence-corrected chi connectivity index (χ3v) is 8.91. The lowest BCUT2D eigenvalue weighted by molar-refractivity contribution is 0.135. The molecule has 5 nitrogen and oxygen atoms in total. The molecule has 9 heteroatoms. The molecule has 0 amide bonds. The molecule has 0 spiro atoms. The van der Waals surface area contributed by atoms with Gasteiger partial charge in [-0.2, -0.15) is 4.31 Å². The minimum atomic E-state index is -3.40. The Kier molecular flexibility index (Phi) is 4.96. The van der Waals surface area contributed by atoms with Crippen molar-refractivity contribution in [3.63, 3.8) is 0 Å². The summed E-state index contributed by atoms with van der Waals surface area (Å²) >= 11 is 8.94. The second-order valence-electron chi connectivity index (χ2n) is 6.15. The van der Waals surface area contributed by atoms with Gasteiger partial charge in [0.25, 0.3) is 15.2 Å². The largest absolute Gasteiger partial charge is 0.467 e. The number of thiophene rings is 1. The standard InChI is InChI=1S/C17H17ClN2O3S3/c1-11-5-6-15(24-11)26(21,22)20-9-7-12(8-10-20)23-17-19-16-13(18)3-2-4-14(16)25-17/h2-6,12H,7-10H2,1H3. The molecule has 0 radical (unpaired) electrons. The van der Waals surface area contributed by atoms with Crippen LogP contribution in [0.5, 0.6) is 5.19 Å². The Labute approximate surface area is 165 Å². The number of hydrogen-bond acceptors (Lipinski definition) is 6. The summed E-state index contributed by atoms with van der Waals surface area (Å²) < 4.78 is 34.3. The number of fused-ring (bicyclic) bond motifs is 1. The Balaban J connectivity index is 1.42. The van der Waals surface area contributed by atoms with Crippen molar-refractivity contribution in [1.29, 1.82) is 0 Å². The van der Waals surface area contributed by atoms with E-state index < -0.39 is 10.0 Å². The minimum absolute atomic E-state index is 0.0362. The number of ether oxygens (including phenoxy) is 1. The predicted molar refractivity (Wildman–Crippen MR) is 106 cm³/mol. The summed E-state index contributed by atoms with van der Waals surface area (Å²) in [7, 11) is -3.40. The molecule has 0 aliphatic carbocycles. The molecule has 1 aromatic carbocycles. The van der Waals surface area contributed by atoms with E-state index in [4.69, 9.17) is 16.3 Å². The number of para-hydroxylation sites is 1. The summed E-state index contributed by atoms with van der Waals surface area (Å²) in [4.78, 5) is 5.46. The van der Waals surface area contributed by atoms with Gasteiger partial charge in [0.05, 0.1) is 9.72 Å². The predicted octanol–water partition coefficient (Wildman–Crippen LogP) is 4.55. The van der Waals surface area contributed by atoms with Crippen molar-refractivity contribution in [2.45, 2.75) is 30.1 Å². The Morgan fingerprint density at radius 2 is 1.96 bits per heavy atom. The summed E-state index contributed by atoms with van der Waals surface area (Å²) in [6.45, 7) is 2.82. The first-order valence-corrected chi connectivity index (χ1v) is 11.7. The van der Waals surface area contributed by atoms with Gasteiger partial charge in [-0.05, 0) is 44.0 Å². The van der Waals surface area contributed by atoms with E-state index in [-0.39, 0.29) is 6.10 Å². The number of piperidine rings is 1. The van der Waals surface area contributed by atoms with Crippen LogP contribution in [-0.2, 0) is 10.0 Å². The maximum atomic E-state index is 12.7. The van der Waals surface area contributed by atoms with E-state index in [0.29, 0.717) is 40.4 Å². The smallest absolute Gasteiger partial charge is 0.274 e. The fourth-order valence-electron chi connectivity index (χ4n) is 2.96. The summed E-state index contributed by atoms with van der Waals surface area (Å²) in [5.41, 5.74) is 0.752. The normalized spacial score (nSPS) is 17.0. The highest BCUT2D eigenvalue weighted by molar-refractivity contribution is 7.91. The second kappa shape index (κ2) is 7.09. The first kappa shape index (κ1) is 18.2. The van der Waals surface area contributed by atoms with Crippen LogP contribution in [0.1, 0.15) is 17.7 Å². The van der Waals surface area contributed by atoms with Gasteiger partial charge < -0.3 is 4.74 Å². The van der Waals surface area contributed by atoms with Crippen molar-refractivity contribution in [2.24, 2.45) is 0 Å². The molecule has 4 rings (SSSR count). The first-order valence-electron chi connectivity index (χ1n) is 8.22. The molecule has 1 aliphatic rings. The van der Waals surface area contributed by atoms with Crippen LogP contribution in [0.3, 0.4) is 0 Å². The second-order valence-corrected chi connectivity index (χ2v) is 11.0. The third kappa shape index (κ3) is 3.48. The zero-order valence-electron chi connectivity index (χ0n) is 14.0. The number of hydrogen-bond donors (Lipinski definition) is 0. The topological polar surface area (TPSA) is 59.5 Å². The van der Waals surface area contributed by atoms with Gasteiger partial charge in [0.15, 0.2) is 0 Å². The van der Waals surface area contributed by atoms with Crippen LogP contribution < -0.4 is 4.74 Å². The Morgan fingerprint density at radius 3 is 2.62 bits per heavy atom. The molecule has 138 valence electrons. The van der Waals surface area contributed by atoms with E-state index in [1.165, 1.54) is 22.7 Å². The van der Waals surface area contributed by atoms with Gasteiger partial charge in [0.2, 0.25) is 0 Å². The monoisotopic (exact) mass is 428 g/mol. The fraction of sp³-hybridized carbons (Fsp3) is 0.353. The van der Waals surface area contributed by atoms with E-state index in [0.717, 1.165) is 15.1 Å². The van der Waals surface area contributed by atoms with Crippen molar-refractivity contribution in [1.82, 2.24) is 9.29 Å². The van der Waals surface area contributed by atoms with Crippen molar-refractivity contribution >= 4 is 54.5 Å². The Morgan fingerprint density at radius 1 is 1.19 bits per heavy atom. The van der Waals surface area contributed by atoms with Crippen molar-refractivity contribution < 1.29 is 13.2 Å². The molecule has 0 unspecified atom stereocenters. The van der Waals surface area contributed by atoms with Crippen LogP contribution in [0, 0.1) is 6.92 Å². The SMILES string of the molecule is Cc1ccc(S(=O)(=O)N2CCC(Oc3nc4c(Cl)cccc4s3)CC2)s1. The summed E-state index contributed by atoms with van der Waals surface area (Å²) in [6, 6.07) is 9.18. The molecule has 1 saturated heterocycles. The number of benzene rings is 1. The molecule has 1 aliphatic heterocycles. The quantitative estimate of drug-likeness (QED) is 0.611. The lowest BCUT2D eigenvalue weighted by Gasteiger charge is -2.30. The van der Waals surface area contributed by atoms with Gasteiger partial charge in [0, 0.05) is 18.0 Å². The van der Waals surface area contributed by atoms with E-state index in [1.54, 1.807) is 10.4 Å². The molecule has 0 bridgehead atoms. The number of halogens is 1. The number of rotatable bonds is 4. The van der Waals surface area contributed by atoms with Crippen LogP contribution in [0.15, 0.2) is 34.5 Å². The average Bonchev–Trinajstić information content (AvgIpc) is 3.22. The van der Waals surface area contributed by atoms with Gasteiger partial charge in [0.1, 0.15) is 15.8 Å². The van der Waals surface area contributed by atoms with Crippen LogP contribution >= 0.6 is 34.3 Å². The van der Waals surface area contributed by atoms with Crippen LogP contribution in [0.2, 0.25) is 5.02 Å². The average molecular weight is 429 g/mol. The molecule has 0 saturated carbocycles. The van der Waals surface area contributed by atoms with Crippen LogP contribution in [-0.4, -0.2) is 36.9 Å². The van der Waals surface area contributed by atoms with Gasteiger partial charge >= 0.3 is 0 Å². The van der Waals surface area contributed by atoms with Gasteiger partial charge in [-0.25, -0.2) is 13.4 Å². The molecule has 26 heavy (non-hydrogen) atoms. The Bertz CT molecular complexity index is 1040. The third-order valence-electron chi connectivity index (χ3n) is 4.33. The molecular formula is C17H17ClN2O3S3. The highest BCUT2D eigenvalue weighted by atomic mass is 35.5. The van der Waals surface area contributed by atoms with Gasteiger partial charge in [-0.1, -0.05) is 29.0 Å². The van der Waals surface area contributed by atoms with E-state index in [2.05, 4.69) is 4.98 Å². The highest BCUT2D eigenvalue weighted by Gasteiger charge is 2.31. The summed E-state index contributed by atoms with van der Waals surface area (Å²) in [5.74, 6) is 0. The van der Waals surface area contributed by atoms with Gasteiger partial charge in [-0.15, -0.1) is 11.3 Å². The van der Waals surface area contributed by atoms with Crippen molar-refractivity contribution in [3.8, 4) is 5.19 Å². The molecule has 3 heterocycles. The van der Waals surface area contributed by atoms with Crippen LogP contribution in [0.25, 0.3) is 10.2 Å². The fourth-order valence-corrected chi connectivity index (χ4v) is 7.04. The first-order chi connectivity index (χ1) is 12.4. The molecule has 3 aromatic rings. The van der Waals surface area contributed by atoms with Crippen molar-refractivity contribution in [3.05, 3.63) is 40.2 Å². The lowest BCUT2D eigenvalue weighted by Crippen LogP contribution is -2.41. The molecule has 2 aromatic heterocycles. The Hall–Kier alpha value is -1.19. The number of nitrogens with zero attached hydrogens (tertiary/aromatic N) is 2. The molecule has 1 fully saturated rings. The van der Waals surface area contributed by atoms with E-state index in [9.17, 15) is 8.42 Å². The zero-order chi connectivity index (χ0) is 18.3. The maximum absolute atomic E-state index is 12.7. The molecule has 0 N–H and O–H groups in total. The van der Waals surface area contributed by atoms with E-state index >= 15 is 0 Å². The maximum Gasteiger partial charge on any atom is 0.274 e. The summed E-state index contributed by atoms with van der Waals surface area (Å²) in [6.07, 6.45) is 1.26. The minimum Gasteiger partial charge on any atom is -0.467 e. The summed E-state index contributed by atoms with van der Waals surface area (Å²) in [5, 5.41) is 1.20. The number of sulfonamides is 1. The highest BCUT2D eigenvalue weighted by Crippen LogP contribution is 2.34. The molecule has 0 atom stereocenters. The van der Waals surface area contributed by atoms with Gasteiger partial charge in [-0.3, -0.25) is 0 Å². The molecular weight excluding hydrogens is 412 g/mol. The number of thiazole rings is 1. The zero-order valence-corrected chi connectivity index (χ0v) is 17.2. The number of aromatic nitrogens is 1. The number of aryl methyl sites for hydroxylation is 1. The van der Waals surface area contributed by atoms with Crippen LogP contribution in [0.4, 0.5) is 0 Å². The van der Waals surface area contributed by atoms with E-state index in [1.807, 2.05) is 31.2 Å².